The zero-order valence-corrected chi connectivity index (χ0v) is 8.86. The number of nitrogens with zero attached hydrogens (tertiary/aromatic N) is 1. The first-order chi connectivity index (χ1) is 7.21. The third kappa shape index (κ3) is 2.77. The molecule has 82 valence electrons. The Labute approximate surface area is 88.7 Å². The molecule has 0 aromatic heterocycles. The van der Waals surface area contributed by atoms with Crippen LogP contribution >= 0.6 is 0 Å². The van der Waals surface area contributed by atoms with E-state index < -0.39 is 0 Å². The molecular formula is C10H15N3O2. The first kappa shape index (κ1) is 11.2. The van der Waals surface area contributed by atoms with Gasteiger partial charge in [-0.3, -0.25) is 0 Å². The van der Waals surface area contributed by atoms with Gasteiger partial charge in [-0.1, -0.05) is 6.07 Å². The minimum Gasteiger partial charge on any atom is -0.493 e. The Morgan fingerprint density at radius 1 is 1.27 bits per heavy atom. The minimum atomic E-state index is 0.377. The zero-order valence-electron chi connectivity index (χ0n) is 8.86. The molecule has 0 spiro atoms. The van der Waals surface area contributed by atoms with E-state index in [2.05, 4.69) is 5.10 Å². The molecule has 0 saturated heterocycles. The summed E-state index contributed by atoms with van der Waals surface area (Å²) in [5.41, 5.74) is 6.49. The minimum absolute atomic E-state index is 0.377. The zero-order chi connectivity index (χ0) is 11.3. The van der Waals surface area contributed by atoms with Crippen molar-refractivity contribution >= 4 is 5.84 Å². The van der Waals surface area contributed by atoms with E-state index in [9.17, 15) is 0 Å². The van der Waals surface area contributed by atoms with Crippen LogP contribution in [0.4, 0.5) is 0 Å². The second kappa shape index (κ2) is 5.09. The van der Waals surface area contributed by atoms with Crippen molar-refractivity contribution in [2.45, 2.75) is 6.42 Å². The standard InChI is InChI=1S/C10H15N3O2/c1-14-8-4-3-7(5-9(8)15-2)6-10(11)13-12/h3-5H,6,12H2,1-2H3,(H2,11,13). The molecule has 5 heteroatoms. The van der Waals surface area contributed by atoms with Gasteiger partial charge in [-0.2, -0.15) is 5.10 Å². The summed E-state index contributed by atoms with van der Waals surface area (Å²) in [6, 6.07) is 5.55. The third-order valence-corrected chi connectivity index (χ3v) is 2.00. The van der Waals surface area contributed by atoms with Crippen LogP contribution in [0.25, 0.3) is 0 Å². The fourth-order valence-electron chi connectivity index (χ4n) is 1.25. The summed E-state index contributed by atoms with van der Waals surface area (Å²) in [7, 11) is 3.18. The molecule has 0 amide bonds. The van der Waals surface area contributed by atoms with Crippen molar-refractivity contribution in [1.29, 1.82) is 0 Å². The van der Waals surface area contributed by atoms with Gasteiger partial charge in [0.2, 0.25) is 0 Å². The van der Waals surface area contributed by atoms with E-state index >= 15 is 0 Å². The van der Waals surface area contributed by atoms with Gasteiger partial charge in [0.05, 0.1) is 14.2 Å². The summed E-state index contributed by atoms with van der Waals surface area (Å²) in [4.78, 5) is 0. The lowest BCUT2D eigenvalue weighted by molar-refractivity contribution is 0.354. The van der Waals surface area contributed by atoms with Crippen LogP contribution < -0.4 is 21.1 Å². The molecule has 0 heterocycles. The SMILES string of the molecule is COc1ccc(C/C(N)=N/N)cc1OC. The maximum atomic E-state index is 5.52. The van der Waals surface area contributed by atoms with Gasteiger partial charge in [-0.25, -0.2) is 0 Å². The van der Waals surface area contributed by atoms with Crippen LogP contribution in [-0.2, 0) is 6.42 Å². The number of hydrazone groups is 1. The number of rotatable bonds is 4. The normalized spacial score (nSPS) is 11.2. The summed E-state index contributed by atoms with van der Waals surface area (Å²) in [5, 5.41) is 3.40. The molecule has 15 heavy (non-hydrogen) atoms. The van der Waals surface area contributed by atoms with Crippen LogP contribution in [0.1, 0.15) is 5.56 Å². The molecule has 0 saturated carbocycles. The van der Waals surface area contributed by atoms with Crippen LogP contribution in [0, 0.1) is 0 Å². The first-order valence-corrected chi connectivity index (χ1v) is 4.44. The number of nitrogens with two attached hydrogens (primary N) is 2. The van der Waals surface area contributed by atoms with Crippen molar-refractivity contribution in [1.82, 2.24) is 0 Å². The van der Waals surface area contributed by atoms with Gasteiger partial charge in [0, 0.05) is 6.42 Å². The van der Waals surface area contributed by atoms with E-state index in [0.29, 0.717) is 23.8 Å². The summed E-state index contributed by atoms with van der Waals surface area (Å²) < 4.78 is 10.3. The van der Waals surface area contributed by atoms with Gasteiger partial charge in [0.25, 0.3) is 0 Å². The largest absolute Gasteiger partial charge is 0.493 e. The Morgan fingerprint density at radius 2 is 1.93 bits per heavy atom. The molecule has 1 rings (SSSR count). The second-order valence-corrected chi connectivity index (χ2v) is 2.99. The quantitative estimate of drug-likeness (QED) is 0.327. The maximum absolute atomic E-state index is 5.52. The van der Waals surface area contributed by atoms with E-state index in [1.807, 2.05) is 18.2 Å². The Bertz CT molecular complexity index is 364. The van der Waals surface area contributed by atoms with Gasteiger partial charge in [0.15, 0.2) is 11.5 Å². The molecule has 1 aromatic rings. The lowest BCUT2D eigenvalue weighted by Gasteiger charge is -2.09. The summed E-state index contributed by atoms with van der Waals surface area (Å²) in [6.45, 7) is 0. The van der Waals surface area contributed by atoms with Gasteiger partial charge in [-0.05, 0) is 17.7 Å². The van der Waals surface area contributed by atoms with Crippen molar-refractivity contribution in [3.8, 4) is 11.5 Å². The molecule has 0 unspecified atom stereocenters. The summed E-state index contributed by atoms with van der Waals surface area (Å²) >= 11 is 0. The Morgan fingerprint density at radius 3 is 2.47 bits per heavy atom. The predicted octanol–water partition coefficient (Wildman–Crippen LogP) is 0.477. The van der Waals surface area contributed by atoms with Crippen molar-refractivity contribution in [2.75, 3.05) is 14.2 Å². The van der Waals surface area contributed by atoms with Crippen LogP contribution in [-0.4, -0.2) is 20.1 Å². The number of ether oxygens (including phenoxy) is 2. The number of methoxy groups -OCH3 is 2. The molecule has 4 N–H and O–H groups in total. The number of hydrogen-bond acceptors (Lipinski definition) is 4. The average molecular weight is 209 g/mol. The molecule has 1 aromatic carbocycles. The molecule has 0 bridgehead atoms. The Hall–Kier alpha value is -1.91. The number of hydrogen-bond donors (Lipinski definition) is 2. The molecule has 0 aliphatic rings. The Balaban J connectivity index is 2.93. The highest BCUT2D eigenvalue weighted by Gasteiger charge is 2.05. The van der Waals surface area contributed by atoms with Crippen LogP contribution in [0.5, 0.6) is 11.5 Å². The van der Waals surface area contributed by atoms with E-state index in [4.69, 9.17) is 21.1 Å². The maximum Gasteiger partial charge on any atom is 0.161 e. The van der Waals surface area contributed by atoms with Crippen molar-refractivity contribution < 1.29 is 9.47 Å². The molecule has 0 radical (unpaired) electrons. The molecule has 0 atom stereocenters. The van der Waals surface area contributed by atoms with Crippen LogP contribution in [0.3, 0.4) is 0 Å². The van der Waals surface area contributed by atoms with Crippen molar-refractivity contribution in [3.05, 3.63) is 23.8 Å². The summed E-state index contributed by atoms with van der Waals surface area (Å²) in [6.07, 6.45) is 0.497. The number of benzene rings is 1. The van der Waals surface area contributed by atoms with Crippen LogP contribution in [0.2, 0.25) is 0 Å². The predicted molar refractivity (Wildman–Crippen MR) is 59.1 cm³/mol. The monoisotopic (exact) mass is 209 g/mol. The average Bonchev–Trinajstić information content (AvgIpc) is 2.28. The van der Waals surface area contributed by atoms with Crippen molar-refractivity contribution in [3.63, 3.8) is 0 Å². The highest BCUT2D eigenvalue weighted by molar-refractivity contribution is 5.82. The van der Waals surface area contributed by atoms with Gasteiger partial charge < -0.3 is 21.1 Å². The fraction of sp³-hybridized carbons (Fsp3) is 0.300. The van der Waals surface area contributed by atoms with E-state index in [1.54, 1.807) is 14.2 Å². The summed E-state index contributed by atoms with van der Waals surface area (Å²) in [5.74, 6) is 6.78. The highest BCUT2D eigenvalue weighted by atomic mass is 16.5. The highest BCUT2D eigenvalue weighted by Crippen LogP contribution is 2.27. The lowest BCUT2D eigenvalue weighted by atomic mass is 10.1. The van der Waals surface area contributed by atoms with Gasteiger partial charge in [-0.15, -0.1) is 0 Å². The number of amidine groups is 1. The fourth-order valence-corrected chi connectivity index (χ4v) is 1.25. The van der Waals surface area contributed by atoms with E-state index in [-0.39, 0.29) is 0 Å². The van der Waals surface area contributed by atoms with Gasteiger partial charge in [0.1, 0.15) is 5.84 Å². The first-order valence-electron chi connectivity index (χ1n) is 4.44. The molecule has 0 fully saturated rings. The molecule has 0 aliphatic heterocycles. The van der Waals surface area contributed by atoms with Crippen LogP contribution in [0.15, 0.2) is 23.3 Å². The molecule has 0 aliphatic carbocycles. The van der Waals surface area contributed by atoms with Gasteiger partial charge >= 0.3 is 0 Å². The topological polar surface area (TPSA) is 82.9 Å². The smallest absolute Gasteiger partial charge is 0.161 e. The second-order valence-electron chi connectivity index (χ2n) is 2.99. The Kier molecular flexibility index (Phi) is 3.79. The lowest BCUT2D eigenvalue weighted by Crippen LogP contribution is -2.16. The van der Waals surface area contributed by atoms with E-state index in [1.165, 1.54) is 0 Å². The molecule has 5 nitrogen and oxygen atoms in total. The van der Waals surface area contributed by atoms with E-state index in [0.717, 1.165) is 5.56 Å². The third-order valence-electron chi connectivity index (χ3n) is 2.00. The molecular weight excluding hydrogens is 194 g/mol. The van der Waals surface area contributed by atoms with Crippen molar-refractivity contribution in [2.24, 2.45) is 16.7 Å².